The molecule has 0 aliphatic rings. The maximum atomic E-state index is 12.3. The third kappa shape index (κ3) is 5.84. The number of carbonyl (C=O) groups excluding carboxylic acids is 1. The number of aliphatic carboxylic acids is 1. The van der Waals surface area contributed by atoms with Crippen molar-refractivity contribution in [2.24, 2.45) is 0 Å². The van der Waals surface area contributed by atoms with Gasteiger partial charge in [0.25, 0.3) is 5.91 Å². The van der Waals surface area contributed by atoms with Crippen LogP contribution >= 0.6 is 0 Å². The van der Waals surface area contributed by atoms with Gasteiger partial charge >= 0.3 is 5.97 Å². The molecule has 24 heavy (non-hydrogen) atoms. The number of hydrogen-bond acceptors (Lipinski definition) is 5. The molecule has 1 aromatic rings. The number of carbonyl (C=O) groups is 2. The van der Waals surface area contributed by atoms with Crippen LogP contribution in [-0.2, 0) is 14.6 Å². The number of aryl methyl sites for hydroxylation is 2. The standard InChI is InChI=1S/C16H23NO6S/c1-5-24(21,22)9-12(4)17-16(20)13-6-10(2)15(11(3)7-13)23-8-14(18)19/h6-7,12H,5,8-9H2,1-4H3,(H,17,20)(H,18,19). The summed E-state index contributed by atoms with van der Waals surface area (Å²) in [6.45, 7) is 6.17. The molecule has 2 N–H and O–H groups in total. The van der Waals surface area contributed by atoms with E-state index in [9.17, 15) is 18.0 Å². The third-order valence-corrected chi connectivity index (χ3v) is 5.27. The fourth-order valence-corrected chi connectivity index (χ4v) is 3.37. The molecule has 134 valence electrons. The Balaban J connectivity index is 2.87. The molecule has 1 atom stereocenters. The summed E-state index contributed by atoms with van der Waals surface area (Å²) >= 11 is 0. The maximum absolute atomic E-state index is 12.3. The van der Waals surface area contributed by atoms with Crippen LogP contribution in [-0.4, -0.2) is 49.6 Å². The topological polar surface area (TPSA) is 110 Å². The highest BCUT2D eigenvalue weighted by molar-refractivity contribution is 7.91. The summed E-state index contributed by atoms with van der Waals surface area (Å²) in [6, 6.07) is 2.66. The number of carboxylic acids is 1. The van der Waals surface area contributed by atoms with Gasteiger partial charge in [0.2, 0.25) is 0 Å². The Hall–Kier alpha value is -2.09. The molecule has 0 radical (unpaired) electrons. The third-order valence-electron chi connectivity index (χ3n) is 3.38. The van der Waals surface area contributed by atoms with Crippen molar-refractivity contribution in [1.82, 2.24) is 5.32 Å². The Bertz CT molecular complexity index is 703. The van der Waals surface area contributed by atoms with Crippen LogP contribution in [0.5, 0.6) is 5.75 Å². The Labute approximate surface area is 141 Å². The second-order valence-electron chi connectivity index (χ2n) is 5.70. The van der Waals surface area contributed by atoms with Crippen LogP contribution in [0.1, 0.15) is 35.3 Å². The summed E-state index contributed by atoms with van der Waals surface area (Å²) in [6.07, 6.45) is 0. The highest BCUT2D eigenvalue weighted by Crippen LogP contribution is 2.25. The summed E-state index contributed by atoms with van der Waals surface area (Å²) in [5, 5.41) is 11.3. The van der Waals surface area contributed by atoms with Gasteiger partial charge in [-0.2, -0.15) is 0 Å². The van der Waals surface area contributed by atoms with Gasteiger partial charge < -0.3 is 15.2 Å². The summed E-state index contributed by atoms with van der Waals surface area (Å²) in [7, 11) is -3.18. The van der Waals surface area contributed by atoms with E-state index in [1.54, 1.807) is 39.8 Å². The van der Waals surface area contributed by atoms with Crippen LogP contribution in [0.25, 0.3) is 0 Å². The van der Waals surface area contributed by atoms with Gasteiger partial charge in [0.1, 0.15) is 5.75 Å². The predicted octanol–water partition coefficient (Wildman–Crippen LogP) is 1.32. The molecule has 8 heteroatoms. The molecule has 0 aliphatic carbocycles. The number of hydrogen-bond donors (Lipinski definition) is 2. The van der Waals surface area contributed by atoms with E-state index in [4.69, 9.17) is 9.84 Å². The average molecular weight is 357 g/mol. The predicted molar refractivity (Wildman–Crippen MR) is 90.3 cm³/mol. The van der Waals surface area contributed by atoms with Gasteiger partial charge in [-0.05, 0) is 44.0 Å². The summed E-state index contributed by atoms with van der Waals surface area (Å²) in [4.78, 5) is 22.9. The lowest BCUT2D eigenvalue weighted by molar-refractivity contribution is -0.139. The SMILES string of the molecule is CCS(=O)(=O)CC(C)NC(=O)c1cc(C)c(OCC(=O)O)c(C)c1. The highest BCUT2D eigenvalue weighted by Gasteiger charge is 2.18. The first-order valence-corrected chi connectivity index (χ1v) is 9.35. The Morgan fingerprint density at radius 1 is 1.25 bits per heavy atom. The molecule has 7 nitrogen and oxygen atoms in total. The minimum Gasteiger partial charge on any atom is -0.481 e. The summed E-state index contributed by atoms with van der Waals surface area (Å²) < 4.78 is 28.4. The van der Waals surface area contributed by atoms with Crippen molar-refractivity contribution in [2.75, 3.05) is 18.1 Å². The highest BCUT2D eigenvalue weighted by atomic mass is 32.2. The zero-order chi connectivity index (χ0) is 18.5. The van der Waals surface area contributed by atoms with Gasteiger partial charge in [0.15, 0.2) is 16.4 Å². The van der Waals surface area contributed by atoms with Crippen LogP contribution in [0.4, 0.5) is 0 Å². The maximum Gasteiger partial charge on any atom is 0.341 e. The second-order valence-corrected chi connectivity index (χ2v) is 8.09. The van der Waals surface area contributed by atoms with Crippen LogP contribution in [0, 0.1) is 13.8 Å². The molecule has 0 aliphatic heterocycles. The number of rotatable bonds is 8. The van der Waals surface area contributed by atoms with E-state index >= 15 is 0 Å². The molecular formula is C16H23NO6S. The number of nitrogens with one attached hydrogen (secondary N) is 1. The van der Waals surface area contributed by atoms with Crippen molar-refractivity contribution in [3.63, 3.8) is 0 Å². The first-order chi connectivity index (χ1) is 11.1. The van der Waals surface area contributed by atoms with Gasteiger partial charge in [-0.15, -0.1) is 0 Å². The van der Waals surface area contributed by atoms with Gasteiger partial charge in [0.05, 0.1) is 5.75 Å². The van der Waals surface area contributed by atoms with Crippen LogP contribution in [0.3, 0.4) is 0 Å². The summed E-state index contributed by atoms with van der Waals surface area (Å²) in [5.74, 6) is -1.13. The minimum atomic E-state index is -3.18. The molecule has 0 heterocycles. The number of benzene rings is 1. The molecule has 0 spiro atoms. The van der Waals surface area contributed by atoms with Crippen molar-refractivity contribution in [1.29, 1.82) is 0 Å². The molecular weight excluding hydrogens is 334 g/mol. The van der Waals surface area contributed by atoms with Gasteiger partial charge in [0, 0.05) is 17.4 Å². The average Bonchev–Trinajstić information content (AvgIpc) is 2.45. The second kappa shape index (κ2) is 8.14. The lowest BCUT2D eigenvalue weighted by Crippen LogP contribution is -2.38. The van der Waals surface area contributed by atoms with Crippen LogP contribution in [0.15, 0.2) is 12.1 Å². The van der Waals surface area contributed by atoms with E-state index in [-0.39, 0.29) is 17.4 Å². The molecule has 1 rings (SSSR count). The van der Waals surface area contributed by atoms with Gasteiger partial charge in [-0.1, -0.05) is 6.92 Å². The van der Waals surface area contributed by atoms with Crippen molar-refractivity contribution >= 4 is 21.7 Å². The number of amides is 1. The van der Waals surface area contributed by atoms with Gasteiger partial charge in [-0.25, -0.2) is 13.2 Å². The normalized spacial score (nSPS) is 12.5. The Morgan fingerprint density at radius 3 is 2.25 bits per heavy atom. The number of ether oxygens (including phenoxy) is 1. The largest absolute Gasteiger partial charge is 0.481 e. The fraction of sp³-hybridized carbons (Fsp3) is 0.500. The number of sulfone groups is 1. The monoisotopic (exact) mass is 357 g/mol. The first-order valence-electron chi connectivity index (χ1n) is 7.52. The molecule has 0 saturated carbocycles. The van der Waals surface area contributed by atoms with E-state index in [1.807, 2.05) is 0 Å². The minimum absolute atomic E-state index is 0.0288. The molecule has 0 fully saturated rings. The first kappa shape index (κ1) is 20.0. The van der Waals surface area contributed by atoms with Crippen molar-refractivity contribution in [3.05, 3.63) is 28.8 Å². The van der Waals surface area contributed by atoms with Crippen molar-refractivity contribution < 1.29 is 27.9 Å². The van der Waals surface area contributed by atoms with E-state index in [1.165, 1.54) is 0 Å². The smallest absolute Gasteiger partial charge is 0.341 e. The van der Waals surface area contributed by atoms with Crippen molar-refractivity contribution in [2.45, 2.75) is 33.7 Å². The van der Waals surface area contributed by atoms with Crippen LogP contribution < -0.4 is 10.1 Å². The Morgan fingerprint density at radius 2 is 1.79 bits per heavy atom. The fourth-order valence-electron chi connectivity index (χ4n) is 2.29. The van der Waals surface area contributed by atoms with E-state index in [0.29, 0.717) is 22.4 Å². The molecule has 0 aromatic heterocycles. The molecule has 1 aromatic carbocycles. The van der Waals surface area contributed by atoms with Gasteiger partial charge in [-0.3, -0.25) is 4.79 Å². The lowest BCUT2D eigenvalue weighted by Gasteiger charge is -2.16. The van der Waals surface area contributed by atoms with E-state index in [0.717, 1.165) is 0 Å². The molecule has 0 saturated heterocycles. The zero-order valence-electron chi connectivity index (χ0n) is 14.3. The number of carboxylic acid groups (broad SMARTS) is 1. The zero-order valence-corrected chi connectivity index (χ0v) is 15.1. The van der Waals surface area contributed by atoms with E-state index in [2.05, 4.69) is 5.32 Å². The van der Waals surface area contributed by atoms with Crippen molar-refractivity contribution in [3.8, 4) is 5.75 Å². The molecule has 1 unspecified atom stereocenters. The summed E-state index contributed by atoms with van der Waals surface area (Å²) in [5.41, 5.74) is 1.64. The Kier molecular flexibility index (Phi) is 6.77. The van der Waals surface area contributed by atoms with E-state index < -0.39 is 28.5 Å². The molecule has 1 amide bonds. The lowest BCUT2D eigenvalue weighted by atomic mass is 10.0. The van der Waals surface area contributed by atoms with Crippen LogP contribution in [0.2, 0.25) is 0 Å². The quantitative estimate of drug-likeness (QED) is 0.726. The molecule has 0 bridgehead atoms.